The fraction of sp³-hybridized carbons (Fsp3) is 0.375. The smallest absolute Gasteiger partial charge is 0.259 e. The number of carbonyl (C=O) groups excluding carboxylic acids is 1. The molecule has 0 unspecified atom stereocenters. The molecule has 0 saturated carbocycles. The number of anilines is 1. The number of aromatic nitrogens is 1. The predicted molar refractivity (Wildman–Crippen MR) is 101 cm³/mol. The van der Waals surface area contributed by atoms with E-state index in [1.54, 1.807) is 0 Å². The number of morpholine rings is 1. The minimum atomic E-state index is -3.71. The summed E-state index contributed by atoms with van der Waals surface area (Å²) in [6.07, 6.45) is 0. The minimum absolute atomic E-state index is 0.0282. The van der Waals surface area contributed by atoms with Gasteiger partial charge >= 0.3 is 0 Å². The van der Waals surface area contributed by atoms with Crippen LogP contribution in [-0.4, -0.2) is 49.9 Å². The lowest BCUT2D eigenvalue weighted by molar-refractivity contribution is 0.0730. The Bertz CT molecular complexity index is 917. The van der Waals surface area contributed by atoms with Gasteiger partial charge in [-0.15, -0.1) is 11.3 Å². The number of benzene rings is 1. The van der Waals surface area contributed by atoms with Crippen LogP contribution in [0.5, 0.6) is 0 Å². The highest BCUT2D eigenvalue weighted by molar-refractivity contribution is 7.89. The SMILES string of the molecule is Cc1nc(NC(=O)c2cc(S(=O)(=O)N3CCOCC3)ccc2Cl)sc1C. The van der Waals surface area contributed by atoms with Crippen LogP contribution in [0.3, 0.4) is 0 Å². The second-order valence-electron chi connectivity index (χ2n) is 5.77. The third-order valence-electron chi connectivity index (χ3n) is 4.04. The van der Waals surface area contributed by atoms with Gasteiger partial charge in [0.25, 0.3) is 5.91 Å². The molecule has 1 N–H and O–H groups in total. The molecule has 1 aliphatic rings. The van der Waals surface area contributed by atoms with Gasteiger partial charge in [-0.05, 0) is 32.0 Å². The third-order valence-corrected chi connectivity index (χ3v) is 7.25. The second-order valence-corrected chi connectivity index (χ2v) is 9.32. The summed E-state index contributed by atoms with van der Waals surface area (Å²) in [6, 6.07) is 4.12. The number of nitrogens with zero attached hydrogens (tertiary/aromatic N) is 2. The van der Waals surface area contributed by atoms with Gasteiger partial charge in [-0.25, -0.2) is 13.4 Å². The molecule has 1 aliphatic heterocycles. The van der Waals surface area contributed by atoms with Crippen LogP contribution in [0.1, 0.15) is 20.9 Å². The number of thiazole rings is 1. The summed E-state index contributed by atoms with van der Waals surface area (Å²) < 4.78 is 32.1. The lowest BCUT2D eigenvalue weighted by atomic mass is 10.2. The largest absolute Gasteiger partial charge is 0.379 e. The second kappa shape index (κ2) is 7.61. The third kappa shape index (κ3) is 3.91. The van der Waals surface area contributed by atoms with Gasteiger partial charge in [-0.3, -0.25) is 10.1 Å². The zero-order chi connectivity index (χ0) is 18.9. The predicted octanol–water partition coefficient (Wildman–Crippen LogP) is 2.69. The first kappa shape index (κ1) is 19.2. The summed E-state index contributed by atoms with van der Waals surface area (Å²) in [5, 5.41) is 3.30. The molecule has 7 nitrogen and oxygen atoms in total. The quantitative estimate of drug-likeness (QED) is 0.829. The Balaban J connectivity index is 1.88. The van der Waals surface area contributed by atoms with Crippen LogP contribution in [-0.2, 0) is 14.8 Å². The van der Waals surface area contributed by atoms with E-state index >= 15 is 0 Å². The van der Waals surface area contributed by atoms with Gasteiger partial charge in [-0.2, -0.15) is 4.31 Å². The van der Waals surface area contributed by atoms with E-state index in [9.17, 15) is 13.2 Å². The maximum absolute atomic E-state index is 12.8. The van der Waals surface area contributed by atoms with Gasteiger partial charge in [0, 0.05) is 18.0 Å². The van der Waals surface area contributed by atoms with Crippen molar-refractivity contribution in [3.05, 3.63) is 39.4 Å². The van der Waals surface area contributed by atoms with Gasteiger partial charge < -0.3 is 4.74 Å². The van der Waals surface area contributed by atoms with Crippen LogP contribution in [0.4, 0.5) is 5.13 Å². The van der Waals surface area contributed by atoms with E-state index in [0.717, 1.165) is 10.6 Å². The van der Waals surface area contributed by atoms with Crippen molar-refractivity contribution in [3.63, 3.8) is 0 Å². The summed E-state index contributed by atoms with van der Waals surface area (Å²) in [7, 11) is -3.71. The highest BCUT2D eigenvalue weighted by Crippen LogP contribution is 2.26. The lowest BCUT2D eigenvalue weighted by Crippen LogP contribution is -2.40. The molecule has 0 spiro atoms. The maximum Gasteiger partial charge on any atom is 0.259 e. The Morgan fingerprint density at radius 3 is 2.62 bits per heavy atom. The maximum atomic E-state index is 12.8. The van der Waals surface area contributed by atoms with Crippen molar-refractivity contribution >= 4 is 44.0 Å². The van der Waals surface area contributed by atoms with Gasteiger partial charge in [0.2, 0.25) is 10.0 Å². The number of hydrogen-bond acceptors (Lipinski definition) is 6. The Kier molecular flexibility index (Phi) is 5.64. The van der Waals surface area contributed by atoms with Crippen molar-refractivity contribution in [2.24, 2.45) is 0 Å². The molecule has 3 rings (SSSR count). The number of nitrogens with one attached hydrogen (secondary N) is 1. The van der Waals surface area contributed by atoms with E-state index in [1.165, 1.54) is 33.8 Å². The number of amides is 1. The number of hydrogen-bond donors (Lipinski definition) is 1. The summed E-state index contributed by atoms with van der Waals surface area (Å²) in [5.74, 6) is -0.497. The molecule has 10 heteroatoms. The van der Waals surface area contributed by atoms with E-state index in [-0.39, 0.29) is 28.6 Å². The van der Waals surface area contributed by atoms with Crippen LogP contribution in [0.2, 0.25) is 5.02 Å². The molecule has 1 fully saturated rings. The fourth-order valence-electron chi connectivity index (χ4n) is 2.47. The van der Waals surface area contributed by atoms with Crippen LogP contribution in [0.25, 0.3) is 0 Å². The molecule has 0 aliphatic carbocycles. The molecule has 1 saturated heterocycles. The highest BCUT2D eigenvalue weighted by atomic mass is 35.5. The molecular weight excluding hydrogens is 398 g/mol. The van der Waals surface area contributed by atoms with Crippen molar-refractivity contribution in [3.8, 4) is 0 Å². The first-order valence-electron chi connectivity index (χ1n) is 7.92. The molecule has 26 heavy (non-hydrogen) atoms. The van der Waals surface area contributed by atoms with Gasteiger partial charge in [0.1, 0.15) is 0 Å². The number of rotatable bonds is 4. The fourth-order valence-corrected chi connectivity index (χ4v) is 4.91. The standard InChI is InChI=1S/C16H18ClN3O4S2/c1-10-11(2)25-16(18-10)19-15(21)13-9-12(3-4-14(13)17)26(22,23)20-5-7-24-8-6-20/h3-4,9H,5-8H2,1-2H3,(H,18,19,21). The Labute approximate surface area is 161 Å². The van der Waals surface area contributed by atoms with Crippen molar-refractivity contribution in [1.82, 2.24) is 9.29 Å². The van der Waals surface area contributed by atoms with Crippen LogP contribution >= 0.6 is 22.9 Å². The molecule has 1 aromatic heterocycles. The monoisotopic (exact) mass is 415 g/mol. The van der Waals surface area contributed by atoms with Gasteiger partial charge in [0.05, 0.1) is 34.4 Å². The Morgan fingerprint density at radius 1 is 1.31 bits per heavy atom. The molecule has 0 atom stereocenters. The molecule has 0 radical (unpaired) electrons. The van der Waals surface area contributed by atoms with Crippen LogP contribution in [0.15, 0.2) is 23.1 Å². The van der Waals surface area contributed by atoms with Crippen molar-refractivity contribution in [2.45, 2.75) is 18.7 Å². The highest BCUT2D eigenvalue weighted by Gasteiger charge is 2.27. The van der Waals surface area contributed by atoms with Gasteiger partial charge in [0.15, 0.2) is 5.13 Å². The zero-order valence-corrected chi connectivity index (χ0v) is 16.7. The minimum Gasteiger partial charge on any atom is -0.379 e. The summed E-state index contributed by atoms with van der Waals surface area (Å²) in [5.41, 5.74) is 0.923. The Hall–Kier alpha value is -1.52. The Morgan fingerprint density at radius 2 is 2.00 bits per heavy atom. The molecule has 0 bridgehead atoms. The average Bonchev–Trinajstić information content (AvgIpc) is 2.93. The van der Waals surface area contributed by atoms with Crippen molar-refractivity contribution < 1.29 is 17.9 Å². The average molecular weight is 416 g/mol. The first-order valence-corrected chi connectivity index (χ1v) is 10.6. The van der Waals surface area contributed by atoms with Crippen molar-refractivity contribution in [2.75, 3.05) is 31.6 Å². The van der Waals surface area contributed by atoms with E-state index in [0.29, 0.717) is 18.3 Å². The molecular formula is C16H18ClN3O4S2. The van der Waals surface area contributed by atoms with E-state index in [1.807, 2.05) is 13.8 Å². The number of carbonyl (C=O) groups is 1. The number of aryl methyl sites for hydroxylation is 2. The van der Waals surface area contributed by atoms with E-state index < -0.39 is 15.9 Å². The summed E-state index contributed by atoms with van der Waals surface area (Å²) >= 11 is 7.47. The lowest BCUT2D eigenvalue weighted by Gasteiger charge is -2.26. The molecule has 2 aromatic rings. The molecule has 1 aromatic carbocycles. The van der Waals surface area contributed by atoms with E-state index in [4.69, 9.17) is 16.3 Å². The first-order chi connectivity index (χ1) is 12.3. The van der Waals surface area contributed by atoms with Crippen molar-refractivity contribution in [1.29, 1.82) is 0 Å². The van der Waals surface area contributed by atoms with E-state index in [2.05, 4.69) is 10.3 Å². The van der Waals surface area contributed by atoms with Gasteiger partial charge in [-0.1, -0.05) is 11.6 Å². The van der Waals surface area contributed by atoms with Crippen LogP contribution < -0.4 is 5.32 Å². The number of sulfonamides is 1. The number of ether oxygens (including phenoxy) is 1. The summed E-state index contributed by atoms with van der Waals surface area (Å²) in [4.78, 5) is 17.8. The molecule has 2 heterocycles. The topological polar surface area (TPSA) is 88.6 Å². The molecule has 1 amide bonds. The number of halogens is 1. The normalized spacial score (nSPS) is 15.8. The zero-order valence-electron chi connectivity index (χ0n) is 14.3. The molecule has 140 valence electrons. The summed E-state index contributed by atoms with van der Waals surface area (Å²) in [6.45, 7) is 5.02. The van der Waals surface area contributed by atoms with Crippen LogP contribution in [0, 0.1) is 13.8 Å².